The zero-order chi connectivity index (χ0) is 9.97. The van der Waals surface area contributed by atoms with Gasteiger partial charge in [0.2, 0.25) is 0 Å². The molecule has 14 heavy (non-hydrogen) atoms. The Kier molecular flexibility index (Phi) is 2.59. The minimum atomic E-state index is 0.336. The number of anilines is 1. The Hall–Kier alpha value is -1.22. The molecule has 3 heteroatoms. The quantitative estimate of drug-likeness (QED) is 0.593. The minimum absolute atomic E-state index is 0.336. The van der Waals surface area contributed by atoms with E-state index in [0.29, 0.717) is 18.2 Å². The van der Waals surface area contributed by atoms with E-state index in [2.05, 4.69) is 5.32 Å². The predicted molar refractivity (Wildman–Crippen MR) is 57.6 cm³/mol. The summed E-state index contributed by atoms with van der Waals surface area (Å²) in [6.07, 6.45) is 2.20. The van der Waals surface area contributed by atoms with E-state index in [1.54, 1.807) is 6.07 Å². The van der Waals surface area contributed by atoms with Crippen LogP contribution >= 0.6 is 0 Å². The Balaban J connectivity index is 2.44. The number of hydrogen-bond donors (Lipinski definition) is 3. The molecule has 0 spiro atoms. The molecule has 1 aromatic carbocycles. The van der Waals surface area contributed by atoms with Crippen molar-refractivity contribution in [2.24, 2.45) is 5.73 Å². The fourth-order valence-electron chi connectivity index (χ4n) is 2.05. The van der Waals surface area contributed by atoms with Crippen LogP contribution in [0.15, 0.2) is 18.2 Å². The van der Waals surface area contributed by atoms with Crippen molar-refractivity contribution in [2.45, 2.75) is 18.8 Å². The number of nitrogens with one attached hydrogen (secondary N) is 1. The third-order valence-corrected chi connectivity index (χ3v) is 2.83. The summed E-state index contributed by atoms with van der Waals surface area (Å²) in [5.74, 6) is 0.718. The highest BCUT2D eigenvalue weighted by Crippen LogP contribution is 2.36. The van der Waals surface area contributed by atoms with E-state index >= 15 is 0 Å². The van der Waals surface area contributed by atoms with E-state index in [1.807, 2.05) is 12.1 Å². The average molecular weight is 192 g/mol. The molecule has 1 aromatic rings. The summed E-state index contributed by atoms with van der Waals surface area (Å²) in [6.45, 7) is 1.57. The van der Waals surface area contributed by atoms with Crippen molar-refractivity contribution < 1.29 is 5.11 Å². The Labute approximate surface area is 83.9 Å². The summed E-state index contributed by atoms with van der Waals surface area (Å²) >= 11 is 0. The van der Waals surface area contributed by atoms with Crippen molar-refractivity contribution in [3.63, 3.8) is 0 Å². The highest BCUT2D eigenvalue weighted by molar-refractivity contribution is 5.63. The molecule has 0 aliphatic carbocycles. The molecule has 0 amide bonds. The summed E-state index contributed by atoms with van der Waals surface area (Å²) in [7, 11) is 0. The van der Waals surface area contributed by atoms with Gasteiger partial charge in [0.15, 0.2) is 0 Å². The fourth-order valence-corrected chi connectivity index (χ4v) is 2.05. The first kappa shape index (κ1) is 9.34. The molecule has 1 heterocycles. The van der Waals surface area contributed by atoms with Gasteiger partial charge in [-0.25, -0.2) is 0 Å². The normalized spacial score (nSPS) is 20.8. The van der Waals surface area contributed by atoms with Gasteiger partial charge >= 0.3 is 0 Å². The molecule has 1 aliphatic rings. The van der Waals surface area contributed by atoms with Gasteiger partial charge in [0.1, 0.15) is 5.75 Å². The van der Waals surface area contributed by atoms with Crippen LogP contribution < -0.4 is 11.1 Å². The van der Waals surface area contributed by atoms with Crippen LogP contribution in [0, 0.1) is 0 Å². The number of benzene rings is 1. The third kappa shape index (κ3) is 1.55. The largest absolute Gasteiger partial charge is 0.506 e. The molecular formula is C11H16N2O. The number of nitrogens with two attached hydrogens (primary N) is 1. The molecule has 0 aromatic heterocycles. The highest BCUT2D eigenvalue weighted by atomic mass is 16.3. The molecule has 0 radical (unpaired) electrons. The maximum atomic E-state index is 9.69. The lowest BCUT2D eigenvalue weighted by Crippen LogP contribution is -2.12. The van der Waals surface area contributed by atoms with Gasteiger partial charge in [-0.05, 0) is 36.9 Å². The van der Waals surface area contributed by atoms with Gasteiger partial charge in [-0.2, -0.15) is 0 Å². The monoisotopic (exact) mass is 192 g/mol. The average Bonchev–Trinajstić information content (AvgIpc) is 2.40. The number of rotatable bonds is 1. The molecule has 4 N–H and O–H groups in total. The van der Waals surface area contributed by atoms with Crippen LogP contribution in [0.2, 0.25) is 0 Å². The third-order valence-electron chi connectivity index (χ3n) is 2.83. The number of aromatic hydroxyl groups is 1. The lowest BCUT2D eigenvalue weighted by Gasteiger charge is -2.15. The fraction of sp³-hybridized carbons (Fsp3) is 0.455. The summed E-state index contributed by atoms with van der Waals surface area (Å²) < 4.78 is 0. The number of hydrogen-bond acceptors (Lipinski definition) is 3. The lowest BCUT2D eigenvalue weighted by molar-refractivity contribution is 0.476. The van der Waals surface area contributed by atoms with Crippen LogP contribution in [0.5, 0.6) is 5.75 Å². The van der Waals surface area contributed by atoms with E-state index < -0.39 is 0 Å². The second-order valence-corrected chi connectivity index (χ2v) is 3.74. The molecule has 1 aliphatic heterocycles. The molecule has 0 bridgehead atoms. The van der Waals surface area contributed by atoms with Crippen molar-refractivity contribution in [1.29, 1.82) is 0 Å². The van der Waals surface area contributed by atoms with Crippen LogP contribution in [0.4, 0.5) is 5.69 Å². The van der Waals surface area contributed by atoms with Gasteiger partial charge in [-0.3, -0.25) is 0 Å². The summed E-state index contributed by atoms with van der Waals surface area (Å²) in [6, 6.07) is 5.64. The van der Waals surface area contributed by atoms with Crippen molar-refractivity contribution in [1.82, 2.24) is 0 Å². The molecule has 0 saturated heterocycles. The van der Waals surface area contributed by atoms with Gasteiger partial charge in [-0.15, -0.1) is 0 Å². The smallest absolute Gasteiger partial charge is 0.138 e. The highest BCUT2D eigenvalue weighted by Gasteiger charge is 2.18. The van der Waals surface area contributed by atoms with Crippen LogP contribution in [0.3, 0.4) is 0 Å². The van der Waals surface area contributed by atoms with Gasteiger partial charge < -0.3 is 16.2 Å². The van der Waals surface area contributed by atoms with Crippen LogP contribution in [-0.4, -0.2) is 18.2 Å². The lowest BCUT2D eigenvalue weighted by atomic mass is 9.94. The molecule has 76 valence electrons. The number of fused-ring (bicyclic) bond motifs is 1. The van der Waals surface area contributed by atoms with Crippen molar-refractivity contribution >= 4 is 5.69 Å². The van der Waals surface area contributed by atoms with E-state index in [9.17, 15) is 5.11 Å². The number of para-hydroxylation sites is 1. The van der Waals surface area contributed by atoms with Crippen molar-refractivity contribution in [3.8, 4) is 5.75 Å². The molecule has 0 fully saturated rings. The maximum Gasteiger partial charge on any atom is 0.138 e. The maximum absolute atomic E-state index is 9.69. The Bertz CT molecular complexity index is 325. The number of phenolic OH excluding ortho intramolecular Hbond substituents is 1. The second kappa shape index (κ2) is 3.88. The van der Waals surface area contributed by atoms with Crippen molar-refractivity contribution in [2.75, 3.05) is 18.4 Å². The first-order chi connectivity index (χ1) is 6.83. The van der Waals surface area contributed by atoms with Crippen LogP contribution in [-0.2, 0) is 0 Å². The Morgan fingerprint density at radius 1 is 1.50 bits per heavy atom. The van der Waals surface area contributed by atoms with Gasteiger partial charge in [0.05, 0.1) is 5.69 Å². The van der Waals surface area contributed by atoms with Crippen LogP contribution in [0.1, 0.15) is 24.3 Å². The predicted octanol–water partition coefficient (Wildman–Crippen LogP) is 1.64. The Morgan fingerprint density at radius 3 is 3.14 bits per heavy atom. The topological polar surface area (TPSA) is 58.3 Å². The number of phenols is 1. The summed E-state index contributed by atoms with van der Waals surface area (Å²) in [5.41, 5.74) is 7.76. The van der Waals surface area contributed by atoms with E-state index in [0.717, 1.165) is 30.6 Å². The zero-order valence-corrected chi connectivity index (χ0v) is 8.16. The SMILES string of the molecule is NCC1CCCNc2c(O)cccc21. The molecule has 0 saturated carbocycles. The first-order valence-corrected chi connectivity index (χ1v) is 5.08. The molecular weight excluding hydrogens is 176 g/mol. The van der Waals surface area contributed by atoms with E-state index in [-0.39, 0.29) is 0 Å². The second-order valence-electron chi connectivity index (χ2n) is 3.74. The standard InChI is InChI=1S/C11H16N2O/c12-7-8-3-2-6-13-11-9(8)4-1-5-10(11)14/h1,4-5,8,13-14H,2-3,6-7,12H2. The molecule has 1 atom stereocenters. The summed E-state index contributed by atoms with van der Waals surface area (Å²) in [5, 5.41) is 12.9. The molecule has 3 nitrogen and oxygen atoms in total. The molecule has 2 rings (SSSR count). The van der Waals surface area contributed by atoms with Gasteiger partial charge in [0, 0.05) is 6.54 Å². The van der Waals surface area contributed by atoms with Gasteiger partial charge in [0.25, 0.3) is 0 Å². The first-order valence-electron chi connectivity index (χ1n) is 5.08. The van der Waals surface area contributed by atoms with E-state index in [1.165, 1.54) is 0 Å². The Morgan fingerprint density at radius 2 is 2.36 bits per heavy atom. The summed E-state index contributed by atoms with van der Waals surface area (Å²) in [4.78, 5) is 0. The van der Waals surface area contributed by atoms with Crippen LogP contribution in [0.25, 0.3) is 0 Å². The van der Waals surface area contributed by atoms with Gasteiger partial charge in [-0.1, -0.05) is 12.1 Å². The van der Waals surface area contributed by atoms with E-state index in [4.69, 9.17) is 5.73 Å². The minimum Gasteiger partial charge on any atom is -0.506 e. The zero-order valence-electron chi connectivity index (χ0n) is 8.16. The molecule has 1 unspecified atom stereocenters. The van der Waals surface area contributed by atoms with Crippen molar-refractivity contribution in [3.05, 3.63) is 23.8 Å².